The zero-order chi connectivity index (χ0) is 13.7. The maximum absolute atomic E-state index is 11.9. The highest BCUT2D eigenvalue weighted by Gasteiger charge is 2.18. The molecule has 104 valence electrons. The molecule has 0 radical (unpaired) electrons. The summed E-state index contributed by atoms with van der Waals surface area (Å²) in [4.78, 5) is 14.1. The molecule has 1 heterocycles. The van der Waals surface area contributed by atoms with E-state index in [-0.39, 0.29) is 5.91 Å². The Morgan fingerprint density at radius 1 is 1.32 bits per heavy atom. The number of rotatable bonds is 4. The summed E-state index contributed by atoms with van der Waals surface area (Å²) in [5.74, 6) is 0.0553. The summed E-state index contributed by atoms with van der Waals surface area (Å²) < 4.78 is 0. The molecule has 4 heteroatoms. The van der Waals surface area contributed by atoms with E-state index in [1.54, 1.807) is 0 Å². The van der Waals surface area contributed by atoms with Gasteiger partial charge in [-0.3, -0.25) is 9.69 Å². The van der Waals surface area contributed by atoms with Crippen molar-refractivity contribution in [3.05, 3.63) is 29.8 Å². The van der Waals surface area contributed by atoms with E-state index in [9.17, 15) is 4.79 Å². The summed E-state index contributed by atoms with van der Waals surface area (Å²) in [7, 11) is 0. The van der Waals surface area contributed by atoms with Crippen LogP contribution in [-0.4, -0.2) is 36.5 Å². The Bertz CT molecular complexity index is 408. The lowest BCUT2D eigenvalue weighted by Crippen LogP contribution is -2.43. The number of nitrogens with one attached hydrogen (secondary N) is 1. The third-order valence-electron chi connectivity index (χ3n) is 3.65. The predicted molar refractivity (Wildman–Crippen MR) is 78.1 cm³/mol. The Balaban J connectivity index is 1.80. The normalized spacial score (nSPS) is 17.4. The maximum Gasteiger partial charge on any atom is 0.238 e. The quantitative estimate of drug-likeness (QED) is 0.865. The number of aryl methyl sites for hydroxylation is 1. The second-order valence-corrected chi connectivity index (χ2v) is 5.21. The number of hydrogen-bond acceptors (Lipinski definition) is 3. The van der Waals surface area contributed by atoms with Crippen LogP contribution in [0, 0.1) is 0 Å². The molecule has 0 unspecified atom stereocenters. The highest BCUT2D eigenvalue weighted by atomic mass is 16.2. The SMILES string of the molecule is CCc1ccc(NC(=O)CN2CCC(N)CC2)cc1. The molecule has 1 amide bonds. The summed E-state index contributed by atoms with van der Waals surface area (Å²) in [5.41, 5.74) is 8.00. The lowest BCUT2D eigenvalue weighted by molar-refractivity contribution is -0.117. The fourth-order valence-corrected chi connectivity index (χ4v) is 2.34. The van der Waals surface area contributed by atoms with Crippen LogP contribution in [0.3, 0.4) is 0 Å². The number of nitrogens with two attached hydrogens (primary N) is 1. The molecule has 1 saturated heterocycles. The van der Waals surface area contributed by atoms with E-state index >= 15 is 0 Å². The monoisotopic (exact) mass is 261 g/mol. The smallest absolute Gasteiger partial charge is 0.238 e. The number of piperidine rings is 1. The second-order valence-electron chi connectivity index (χ2n) is 5.21. The molecule has 0 aliphatic carbocycles. The number of carbonyl (C=O) groups is 1. The van der Waals surface area contributed by atoms with Crippen LogP contribution >= 0.6 is 0 Å². The number of carbonyl (C=O) groups excluding carboxylic acids is 1. The van der Waals surface area contributed by atoms with E-state index in [1.165, 1.54) is 5.56 Å². The van der Waals surface area contributed by atoms with Gasteiger partial charge in [0.25, 0.3) is 0 Å². The Morgan fingerprint density at radius 3 is 2.53 bits per heavy atom. The highest BCUT2D eigenvalue weighted by Crippen LogP contribution is 2.11. The minimum absolute atomic E-state index is 0.0553. The van der Waals surface area contributed by atoms with Gasteiger partial charge in [0.15, 0.2) is 0 Å². The lowest BCUT2D eigenvalue weighted by Gasteiger charge is -2.29. The van der Waals surface area contributed by atoms with Crippen molar-refractivity contribution < 1.29 is 4.79 Å². The van der Waals surface area contributed by atoms with Crippen LogP contribution < -0.4 is 11.1 Å². The van der Waals surface area contributed by atoms with Gasteiger partial charge in [-0.05, 0) is 37.0 Å². The van der Waals surface area contributed by atoms with Crippen LogP contribution in [0.15, 0.2) is 24.3 Å². The van der Waals surface area contributed by atoms with E-state index in [1.807, 2.05) is 12.1 Å². The van der Waals surface area contributed by atoms with E-state index in [2.05, 4.69) is 29.3 Å². The van der Waals surface area contributed by atoms with Crippen LogP contribution in [0.1, 0.15) is 25.3 Å². The van der Waals surface area contributed by atoms with Crippen molar-refractivity contribution >= 4 is 11.6 Å². The Morgan fingerprint density at radius 2 is 1.95 bits per heavy atom. The standard InChI is InChI=1S/C15H23N3O/c1-2-12-3-5-14(6-4-12)17-15(19)11-18-9-7-13(16)8-10-18/h3-6,13H,2,7-11,16H2,1H3,(H,17,19). The van der Waals surface area contributed by atoms with Gasteiger partial charge in [0, 0.05) is 24.8 Å². The molecule has 4 nitrogen and oxygen atoms in total. The molecule has 19 heavy (non-hydrogen) atoms. The first kappa shape index (κ1) is 14.0. The minimum Gasteiger partial charge on any atom is -0.328 e. The number of hydrogen-bond donors (Lipinski definition) is 2. The maximum atomic E-state index is 11.9. The molecule has 0 saturated carbocycles. The van der Waals surface area contributed by atoms with Crippen LogP contribution in [-0.2, 0) is 11.2 Å². The molecular formula is C15H23N3O. The lowest BCUT2D eigenvalue weighted by atomic mass is 10.1. The Labute approximate surface area is 115 Å². The number of anilines is 1. The van der Waals surface area contributed by atoms with Crippen molar-refractivity contribution in [2.45, 2.75) is 32.2 Å². The van der Waals surface area contributed by atoms with E-state index in [4.69, 9.17) is 5.73 Å². The van der Waals surface area contributed by atoms with Crippen LogP contribution in [0.4, 0.5) is 5.69 Å². The van der Waals surface area contributed by atoms with Crippen molar-refractivity contribution in [3.8, 4) is 0 Å². The van der Waals surface area contributed by atoms with Crippen molar-refractivity contribution in [3.63, 3.8) is 0 Å². The largest absolute Gasteiger partial charge is 0.328 e. The van der Waals surface area contributed by atoms with Crippen LogP contribution in [0.2, 0.25) is 0 Å². The molecule has 0 aromatic heterocycles. The molecule has 2 rings (SSSR count). The summed E-state index contributed by atoms with van der Waals surface area (Å²) in [5, 5.41) is 2.94. The van der Waals surface area contributed by atoms with E-state index < -0.39 is 0 Å². The molecule has 1 fully saturated rings. The third-order valence-corrected chi connectivity index (χ3v) is 3.65. The average molecular weight is 261 g/mol. The van der Waals surface area contributed by atoms with Gasteiger partial charge in [0.1, 0.15) is 0 Å². The summed E-state index contributed by atoms with van der Waals surface area (Å²) in [6.07, 6.45) is 2.99. The Kier molecular flexibility index (Phi) is 4.93. The zero-order valence-corrected chi connectivity index (χ0v) is 11.6. The fourth-order valence-electron chi connectivity index (χ4n) is 2.34. The first-order chi connectivity index (χ1) is 9.17. The van der Waals surface area contributed by atoms with Gasteiger partial charge in [0.2, 0.25) is 5.91 Å². The van der Waals surface area contributed by atoms with Gasteiger partial charge in [-0.2, -0.15) is 0 Å². The first-order valence-corrected chi connectivity index (χ1v) is 7.04. The van der Waals surface area contributed by atoms with Crippen LogP contribution in [0.25, 0.3) is 0 Å². The molecule has 3 N–H and O–H groups in total. The molecular weight excluding hydrogens is 238 g/mol. The number of likely N-dealkylation sites (tertiary alicyclic amines) is 1. The van der Waals surface area contributed by atoms with Crippen molar-refractivity contribution in [2.75, 3.05) is 25.0 Å². The van der Waals surface area contributed by atoms with Gasteiger partial charge in [-0.25, -0.2) is 0 Å². The van der Waals surface area contributed by atoms with E-state index in [0.717, 1.165) is 38.0 Å². The Hall–Kier alpha value is -1.39. The number of benzene rings is 1. The summed E-state index contributed by atoms with van der Waals surface area (Å²) in [6, 6.07) is 8.33. The molecule has 0 spiro atoms. The van der Waals surface area contributed by atoms with Crippen molar-refractivity contribution in [1.29, 1.82) is 0 Å². The summed E-state index contributed by atoms with van der Waals surface area (Å²) in [6.45, 7) is 4.42. The number of nitrogens with zero attached hydrogens (tertiary/aromatic N) is 1. The first-order valence-electron chi connectivity index (χ1n) is 7.04. The van der Waals surface area contributed by atoms with Gasteiger partial charge >= 0.3 is 0 Å². The minimum atomic E-state index is 0.0553. The van der Waals surface area contributed by atoms with Gasteiger partial charge in [-0.1, -0.05) is 19.1 Å². The van der Waals surface area contributed by atoms with Gasteiger partial charge in [0.05, 0.1) is 6.54 Å². The van der Waals surface area contributed by atoms with Crippen LogP contribution in [0.5, 0.6) is 0 Å². The molecule has 1 aliphatic heterocycles. The molecule has 0 atom stereocenters. The molecule has 1 aromatic carbocycles. The van der Waals surface area contributed by atoms with E-state index in [0.29, 0.717) is 12.6 Å². The summed E-state index contributed by atoms with van der Waals surface area (Å²) >= 11 is 0. The zero-order valence-electron chi connectivity index (χ0n) is 11.6. The fraction of sp³-hybridized carbons (Fsp3) is 0.533. The number of amides is 1. The second kappa shape index (κ2) is 6.68. The molecule has 1 aliphatic rings. The topological polar surface area (TPSA) is 58.4 Å². The van der Waals surface area contributed by atoms with Crippen molar-refractivity contribution in [1.82, 2.24) is 4.90 Å². The third kappa shape index (κ3) is 4.33. The molecule has 1 aromatic rings. The average Bonchev–Trinajstić information content (AvgIpc) is 2.42. The van der Waals surface area contributed by atoms with Crippen molar-refractivity contribution in [2.24, 2.45) is 5.73 Å². The molecule has 0 bridgehead atoms. The van der Waals surface area contributed by atoms with Gasteiger partial charge in [-0.15, -0.1) is 0 Å². The van der Waals surface area contributed by atoms with Gasteiger partial charge < -0.3 is 11.1 Å². The predicted octanol–water partition coefficient (Wildman–Crippen LogP) is 1.61. The highest BCUT2D eigenvalue weighted by molar-refractivity contribution is 5.92.